The van der Waals surface area contributed by atoms with Crippen molar-refractivity contribution in [3.63, 3.8) is 0 Å². The number of benzene rings is 1. The smallest absolute Gasteiger partial charge is 0.243 e. The molecule has 0 bridgehead atoms. The molecule has 1 rings (SSSR count). The van der Waals surface area contributed by atoms with Gasteiger partial charge in [-0.25, -0.2) is 17.1 Å². The number of nitrogen functional groups attached to an aromatic ring is 1. The molecule has 0 atom stereocenters. The Kier molecular flexibility index (Phi) is 3.54. The summed E-state index contributed by atoms with van der Waals surface area (Å²) in [5.41, 5.74) is 5.64. The van der Waals surface area contributed by atoms with E-state index in [1.165, 1.54) is 20.0 Å². The van der Waals surface area contributed by atoms with E-state index in [1.807, 2.05) is 0 Å². The highest BCUT2D eigenvalue weighted by atomic mass is 32.2. The standard InChI is InChI=1S/C10H15FN2O2S/c1-4-13(3)16(14,15)10-6-8(12)5-9(11)7(10)2/h5-6H,4,12H2,1-3H3. The molecule has 0 radical (unpaired) electrons. The average molecular weight is 246 g/mol. The highest BCUT2D eigenvalue weighted by Gasteiger charge is 2.23. The van der Waals surface area contributed by atoms with E-state index in [4.69, 9.17) is 5.73 Å². The fourth-order valence-electron chi connectivity index (χ4n) is 1.28. The van der Waals surface area contributed by atoms with Crippen LogP contribution in [0.2, 0.25) is 0 Å². The fraction of sp³-hybridized carbons (Fsp3) is 0.400. The molecular weight excluding hydrogens is 231 g/mol. The quantitative estimate of drug-likeness (QED) is 0.819. The lowest BCUT2D eigenvalue weighted by atomic mass is 10.2. The molecule has 0 amide bonds. The largest absolute Gasteiger partial charge is 0.399 e. The van der Waals surface area contributed by atoms with Gasteiger partial charge in [0.25, 0.3) is 0 Å². The maximum Gasteiger partial charge on any atom is 0.243 e. The topological polar surface area (TPSA) is 63.4 Å². The van der Waals surface area contributed by atoms with E-state index >= 15 is 0 Å². The predicted molar refractivity (Wildman–Crippen MR) is 61.0 cm³/mol. The molecule has 0 saturated heterocycles. The third kappa shape index (κ3) is 2.17. The van der Waals surface area contributed by atoms with Crippen LogP contribution in [0.1, 0.15) is 12.5 Å². The highest BCUT2D eigenvalue weighted by Crippen LogP contribution is 2.24. The van der Waals surface area contributed by atoms with Crippen molar-refractivity contribution >= 4 is 15.7 Å². The summed E-state index contributed by atoms with van der Waals surface area (Å²) in [6.45, 7) is 3.44. The Hall–Kier alpha value is -1.14. The van der Waals surface area contributed by atoms with Crippen LogP contribution in [0.25, 0.3) is 0 Å². The van der Waals surface area contributed by atoms with E-state index in [0.29, 0.717) is 6.54 Å². The van der Waals surface area contributed by atoms with Crippen molar-refractivity contribution in [3.05, 3.63) is 23.5 Å². The second-order valence-electron chi connectivity index (χ2n) is 3.55. The first-order valence-corrected chi connectivity index (χ1v) is 6.26. The molecule has 0 heterocycles. The number of nitrogens with two attached hydrogens (primary N) is 1. The van der Waals surface area contributed by atoms with Crippen LogP contribution in [0.3, 0.4) is 0 Å². The number of halogens is 1. The van der Waals surface area contributed by atoms with Crippen LogP contribution in [-0.2, 0) is 10.0 Å². The molecule has 90 valence electrons. The fourth-order valence-corrected chi connectivity index (χ4v) is 2.72. The van der Waals surface area contributed by atoms with Gasteiger partial charge < -0.3 is 5.73 Å². The minimum Gasteiger partial charge on any atom is -0.399 e. The first kappa shape index (κ1) is 12.9. The molecule has 0 fully saturated rings. The summed E-state index contributed by atoms with van der Waals surface area (Å²) in [7, 11) is -2.21. The summed E-state index contributed by atoms with van der Waals surface area (Å²) in [4.78, 5) is -0.0747. The third-order valence-electron chi connectivity index (χ3n) is 2.45. The number of hydrogen-bond donors (Lipinski definition) is 1. The number of hydrogen-bond acceptors (Lipinski definition) is 3. The molecular formula is C10H15FN2O2S. The number of anilines is 1. The summed E-state index contributed by atoms with van der Waals surface area (Å²) in [5.74, 6) is -0.608. The first-order chi connectivity index (χ1) is 7.30. The van der Waals surface area contributed by atoms with Gasteiger partial charge in [-0.2, -0.15) is 0 Å². The van der Waals surface area contributed by atoms with Crippen molar-refractivity contribution in [1.82, 2.24) is 4.31 Å². The molecule has 4 nitrogen and oxygen atoms in total. The van der Waals surface area contributed by atoms with Crippen molar-refractivity contribution in [3.8, 4) is 0 Å². The lowest BCUT2D eigenvalue weighted by molar-refractivity contribution is 0.484. The molecule has 2 N–H and O–H groups in total. The monoisotopic (exact) mass is 246 g/mol. The van der Waals surface area contributed by atoms with Gasteiger partial charge in [0.2, 0.25) is 10.0 Å². The van der Waals surface area contributed by atoms with Crippen LogP contribution in [0, 0.1) is 12.7 Å². The van der Waals surface area contributed by atoms with Crippen molar-refractivity contribution in [1.29, 1.82) is 0 Å². The van der Waals surface area contributed by atoms with E-state index in [1.54, 1.807) is 6.92 Å². The molecule has 0 aromatic heterocycles. The van der Waals surface area contributed by atoms with Gasteiger partial charge in [0.15, 0.2) is 0 Å². The van der Waals surface area contributed by atoms with E-state index in [2.05, 4.69) is 0 Å². The zero-order chi connectivity index (χ0) is 12.5. The van der Waals surface area contributed by atoms with Crippen molar-refractivity contribution in [2.24, 2.45) is 0 Å². The normalized spacial score (nSPS) is 12.1. The molecule has 0 aliphatic rings. The summed E-state index contributed by atoms with van der Waals surface area (Å²) in [5, 5.41) is 0. The molecule has 0 aliphatic heterocycles. The van der Waals surface area contributed by atoms with Gasteiger partial charge in [-0.05, 0) is 19.1 Å². The molecule has 1 aromatic carbocycles. The van der Waals surface area contributed by atoms with Gasteiger partial charge in [-0.15, -0.1) is 0 Å². The van der Waals surface area contributed by atoms with E-state index in [9.17, 15) is 12.8 Å². The number of nitrogens with zero attached hydrogens (tertiary/aromatic N) is 1. The van der Waals surface area contributed by atoms with E-state index < -0.39 is 15.8 Å². The Morgan fingerprint density at radius 2 is 2.00 bits per heavy atom. The Balaban J connectivity index is 3.45. The summed E-state index contributed by atoms with van der Waals surface area (Å²) >= 11 is 0. The van der Waals surface area contributed by atoms with Crippen LogP contribution >= 0.6 is 0 Å². The second-order valence-corrected chi connectivity index (χ2v) is 5.56. The third-order valence-corrected chi connectivity index (χ3v) is 4.51. The Labute approximate surface area is 94.9 Å². The lowest BCUT2D eigenvalue weighted by Crippen LogP contribution is -2.27. The van der Waals surface area contributed by atoms with Crippen LogP contribution < -0.4 is 5.73 Å². The molecule has 0 aliphatic carbocycles. The van der Waals surface area contributed by atoms with Gasteiger partial charge in [-0.1, -0.05) is 6.92 Å². The first-order valence-electron chi connectivity index (χ1n) is 4.82. The van der Waals surface area contributed by atoms with Gasteiger partial charge in [0, 0.05) is 24.8 Å². The van der Waals surface area contributed by atoms with Gasteiger partial charge in [-0.3, -0.25) is 0 Å². The average Bonchev–Trinajstić information content (AvgIpc) is 2.21. The van der Waals surface area contributed by atoms with Gasteiger partial charge >= 0.3 is 0 Å². The molecule has 6 heteroatoms. The summed E-state index contributed by atoms with van der Waals surface area (Å²) in [6.07, 6.45) is 0. The van der Waals surface area contributed by atoms with Gasteiger partial charge in [0.05, 0.1) is 4.90 Å². The molecule has 16 heavy (non-hydrogen) atoms. The zero-order valence-electron chi connectivity index (χ0n) is 9.49. The highest BCUT2D eigenvalue weighted by molar-refractivity contribution is 7.89. The molecule has 0 spiro atoms. The van der Waals surface area contributed by atoms with Gasteiger partial charge in [0.1, 0.15) is 5.82 Å². The Morgan fingerprint density at radius 3 is 2.50 bits per heavy atom. The van der Waals surface area contributed by atoms with Crippen LogP contribution in [0.4, 0.5) is 10.1 Å². The molecule has 0 unspecified atom stereocenters. The summed E-state index contributed by atoms with van der Waals surface area (Å²) in [6, 6.07) is 2.39. The molecule has 0 saturated carbocycles. The van der Waals surface area contributed by atoms with Crippen LogP contribution in [0.5, 0.6) is 0 Å². The minimum atomic E-state index is -3.65. The zero-order valence-corrected chi connectivity index (χ0v) is 10.3. The Morgan fingerprint density at radius 1 is 1.44 bits per heavy atom. The second kappa shape index (κ2) is 4.39. The summed E-state index contributed by atoms with van der Waals surface area (Å²) < 4.78 is 38.5. The maximum absolute atomic E-state index is 13.4. The minimum absolute atomic E-state index is 0.0747. The molecule has 1 aromatic rings. The number of rotatable bonds is 3. The predicted octanol–water partition coefficient (Wildman–Crippen LogP) is 1.36. The number of sulfonamides is 1. The van der Waals surface area contributed by atoms with Crippen molar-refractivity contribution in [2.75, 3.05) is 19.3 Å². The van der Waals surface area contributed by atoms with Crippen molar-refractivity contribution in [2.45, 2.75) is 18.7 Å². The van der Waals surface area contributed by atoms with Crippen LogP contribution in [0.15, 0.2) is 17.0 Å². The SMILES string of the molecule is CCN(C)S(=O)(=O)c1cc(N)cc(F)c1C. The lowest BCUT2D eigenvalue weighted by Gasteiger charge is -2.17. The van der Waals surface area contributed by atoms with Crippen molar-refractivity contribution < 1.29 is 12.8 Å². The van der Waals surface area contributed by atoms with Crippen LogP contribution in [-0.4, -0.2) is 26.3 Å². The van der Waals surface area contributed by atoms with E-state index in [0.717, 1.165) is 10.4 Å². The van der Waals surface area contributed by atoms with E-state index in [-0.39, 0.29) is 16.1 Å². The maximum atomic E-state index is 13.4. The Bertz CT molecular complexity index is 500.